The van der Waals surface area contributed by atoms with E-state index in [1.54, 1.807) is 39.5 Å². The van der Waals surface area contributed by atoms with Gasteiger partial charge in [-0.15, -0.1) is 0 Å². The number of hydrogen-bond donors (Lipinski definition) is 2. The molecule has 0 radical (unpaired) electrons. The van der Waals surface area contributed by atoms with Gasteiger partial charge in [0.05, 0.1) is 27.0 Å². The Labute approximate surface area is 135 Å². The number of ether oxygens (including phenoxy) is 3. The number of carbonyl (C=O) groups excluding carboxylic acids is 1. The van der Waals surface area contributed by atoms with Crippen molar-refractivity contribution in [2.24, 2.45) is 0 Å². The lowest BCUT2D eigenvalue weighted by Crippen LogP contribution is -2.28. The molecule has 0 aromatic heterocycles. The lowest BCUT2D eigenvalue weighted by molar-refractivity contribution is 0.251. The molecule has 2 amide bonds. The van der Waals surface area contributed by atoms with Gasteiger partial charge in [0.15, 0.2) is 0 Å². The summed E-state index contributed by atoms with van der Waals surface area (Å²) >= 11 is 0. The molecule has 0 aliphatic rings. The monoisotopic (exact) mass is 316 g/mol. The summed E-state index contributed by atoms with van der Waals surface area (Å²) < 4.78 is 15.5. The van der Waals surface area contributed by atoms with Crippen LogP contribution in [0, 0.1) is 0 Å². The average Bonchev–Trinajstić information content (AvgIpc) is 2.60. The third-order valence-electron chi connectivity index (χ3n) is 3.27. The number of carbonyl (C=O) groups is 1. The summed E-state index contributed by atoms with van der Waals surface area (Å²) in [6, 6.07) is 12.4. The van der Waals surface area contributed by atoms with Gasteiger partial charge in [-0.1, -0.05) is 12.1 Å². The molecule has 0 saturated carbocycles. The van der Waals surface area contributed by atoms with Crippen LogP contribution in [0.3, 0.4) is 0 Å². The molecule has 0 saturated heterocycles. The number of hydrogen-bond acceptors (Lipinski definition) is 4. The van der Waals surface area contributed by atoms with Crippen LogP contribution in [0.15, 0.2) is 42.5 Å². The maximum absolute atomic E-state index is 12.0. The minimum absolute atomic E-state index is 0.327. The second kappa shape index (κ2) is 7.93. The zero-order chi connectivity index (χ0) is 16.7. The quantitative estimate of drug-likeness (QED) is 0.859. The minimum atomic E-state index is -0.327. The standard InChI is InChI=1S/C17H20N2O4/c1-21-13-6-4-12(5-7-13)11-18-17(20)19-15-10-14(22-2)8-9-16(15)23-3/h4-10H,11H2,1-3H3,(H2,18,19,20). The third-order valence-corrected chi connectivity index (χ3v) is 3.27. The van der Waals surface area contributed by atoms with Crippen molar-refractivity contribution in [3.05, 3.63) is 48.0 Å². The molecular formula is C17H20N2O4. The lowest BCUT2D eigenvalue weighted by atomic mass is 10.2. The van der Waals surface area contributed by atoms with Gasteiger partial charge in [-0.3, -0.25) is 0 Å². The molecular weight excluding hydrogens is 296 g/mol. The van der Waals surface area contributed by atoms with E-state index in [9.17, 15) is 4.79 Å². The number of rotatable bonds is 6. The normalized spacial score (nSPS) is 9.87. The number of anilines is 1. The Morgan fingerprint density at radius 2 is 1.57 bits per heavy atom. The Morgan fingerprint density at radius 3 is 2.17 bits per heavy atom. The molecule has 2 aromatic rings. The van der Waals surface area contributed by atoms with Crippen molar-refractivity contribution in [1.82, 2.24) is 5.32 Å². The molecule has 0 fully saturated rings. The number of nitrogens with one attached hydrogen (secondary N) is 2. The van der Waals surface area contributed by atoms with Crippen molar-refractivity contribution < 1.29 is 19.0 Å². The van der Waals surface area contributed by atoms with Gasteiger partial charge in [-0.25, -0.2) is 4.79 Å². The highest BCUT2D eigenvalue weighted by molar-refractivity contribution is 5.91. The minimum Gasteiger partial charge on any atom is -0.497 e. The Morgan fingerprint density at radius 1 is 0.913 bits per heavy atom. The lowest BCUT2D eigenvalue weighted by Gasteiger charge is -2.12. The predicted octanol–water partition coefficient (Wildman–Crippen LogP) is 3.03. The van der Waals surface area contributed by atoms with Crippen molar-refractivity contribution in [2.75, 3.05) is 26.6 Å². The summed E-state index contributed by atoms with van der Waals surface area (Å²) in [7, 11) is 4.72. The van der Waals surface area contributed by atoms with E-state index >= 15 is 0 Å². The zero-order valence-electron chi connectivity index (χ0n) is 13.4. The molecule has 0 bridgehead atoms. The summed E-state index contributed by atoms with van der Waals surface area (Å²) in [4.78, 5) is 12.0. The molecule has 0 aliphatic carbocycles. The Hall–Kier alpha value is -2.89. The third kappa shape index (κ3) is 4.54. The molecule has 122 valence electrons. The van der Waals surface area contributed by atoms with Crippen LogP contribution >= 0.6 is 0 Å². The van der Waals surface area contributed by atoms with Crippen LogP contribution in [-0.4, -0.2) is 27.4 Å². The molecule has 23 heavy (non-hydrogen) atoms. The van der Waals surface area contributed by atoms with Crippen LogP contribution in [0.1, 0.15) is 5.56 Å². The molecule has 0 aliphatic heterocycles. The first-order valence-electron chi connectivity index (χ1n) is 7.06. The Bertz CT molecular complexity index is 656. The largest absolute Gasteiger partial charge is 0.497 e. The molecule has 0 atom stereocenters. The first-order valence-corrected chi connectivity index (χ1v) is 7.06. The SMILES string of the molecule is COc1ccc(CNC(=O)Nc2cc(OC)ccc2OC)cc1. The van der Waals surface area contributed by atoms with Gasteiger partial charge in [0.25, 0.3) is 0 Å². The molecule has 6 nitrogen and oxygen atoms in total. The van der Waals surface area contributed by atoms with E-state index < -0.39 is 0 Å². The van der Waals surface area contributed by atoms with Crippen molar-refractivity contribution in [2.45, 2.75) is 6.54 Å². The van der Waals surface area contributed by atoms with Crippen molar-refractivity contribution in [1.29, 1.82) is 0 Å². The smallest absolute Gasteiger partial charge is 0.319 e. The van der Waals surface area contributed by atoms with E-state index in [0.29, 0.717) is 23.7 Å². The van der Waals surface area contributed by atoms with Crippen LogP contribution in [-0.2, 0) is 6.54 Å². The van der Waals surface area contributed by atoms with Gasteiger partial charge in [-0.2, -0.15) is 0 Å². The van der Waals surface area contributed by atoms with Gasteiger partial charge < -0.3 is 24.8 Å². The van der Waals surface area contributed by atoms with E-state index in [1.807, 2.05) is 24.3 Å². The first kappa shape index (κ1) is 16.5. The van der Waals surface area contributed by atoms with Crippen molar-refractivity contribution >= 4 is 11.7 Å². The van der Waals surface area contributed by atoms with E-state index in [1.165, 1.54) is 0 Å². The highest BCUT2D eigenvalue weighted by Crippen LogP contribution is 2.28. The van der Waals surface area contributed by atoms with Crippen LogP contribution in [0.5, 0.6) is 17.2 Å². The van der Waals surface area contributed by atoms with Gasteiger partial charge in [-0.05, 0) is 29.8 Å². The number of methoxy groups -OCH3 is 3. The molecule has 2 aromatic carbocycles. The molecule has 0 spiro atoms. The van der Waals surface area contributed by atoms with Crippen LogP contribution in [0.4, 0.5) is 10.5 Å². The van der Waals surface area contributed by atoms with Crippen LogP contribution in [0.2, 0.25) is 0 Å². The maximum atomic E-state index is 12.0. The van der Waals surface area contributed by atoms with Crippen molar-refractivity contribution in [3.8, 4) is 17.2 Å². The fourth-order valence-corrected chi connectivity index (χ4v) is 2.00. The second-order valence-electron chi connectivity index (χ2n) is 4.72. The summed E-state index contributed by atoms with van der Waals surface area (Å²) in [6.07, 6.45) is 0. The fourth-order valence-electron chi connectivity index (χ4n) is 2.00. The first-order chi connectivity index (χ1) is 11.2. The van der Waals surface area contributed by atoms with Gasteiger partial charge in [0.2, 0.25) is 0 Å². The molecule has 0 unspecified atom stereocenters. The maximum Gasteiger partial charge on any atom is 0.319 e. The Kier molecular flexibility index (Phi) is 5.68. The average molecular weight is 316 g/mol. The molecule has 2 rings (SSSR count). The molecule has 6 heteroatoms. The van der Waals surface area contributed by atoms with E-state index in [4.69, 9.17) is 14.2 Å². The molecule has 2 N–H and O–H groups in total. The van der Waals surface area contributed by atoms with E-state index in [-0.39, 0.29) is 6.03 Å². The number of benzene rings is 2. The van der Waals surface area contributed by atoms with Crippen LogP contribution < -0.4 is 24.8 Å². The molecule has 0 heterocycles. The van der Waals surface area contributed by atoms with Crippen LogP contribution in [0.25, 0.3) is 0 Å². The van der Waals surface area contributed by atoms with E-state index in [0.717, 1.165) is 11.3 Å². The number of urea groups is 1. The highest BCUT2D eigenvalue weighted by atomic mass is 16.5. The summed E-state index contributed by atoms with van der Waals surface area (Å²) in [5.74, 6) is 1.97. The zero-order valence-corrected chi connectivity index (χ0v) is 13.4. The van der Waals surface area contributed by atoms with Gasteiger partial charge >= 0.3 is 6.03 Å². The Balaban J connectivity index is 1.96. The van der Waals surface area contributed by atoms with Gasteiger partial charge in [0, 0.05) is 12.6 Å². The van der Waals surface area contributed by atoms with Gasteiger partial charge in [0.1, 0.15) is 17.2 Å². The topological polar surface area (TPSA) is 68.8 Å². The van der Waals surface area contributed by atoms with E-state index in [2.05, 4.69) is 10.6 Å². The summed E-state index contributed by atoms with van der Waals surface area (Å²) in [5.41, 5.74) is 1.51. The highest BCUT2D eigenvalue weighted by Gasteiger charge is 2.08. The second-order valence-corrected chi connectivity index (χ2v) is 4.72. The summed E-state index contributed by atoms with van der Waals surface area (Å²) in [5, 5.41) is 5.54. The summed E-state index contributed by atoms with van der Waals surface area (Å²) in [6.45, 7) is 0.405. The predicted molar refractivity (Wildman–Crippen MR) is 88.4 cm³/mol. The fraction of sp³-hybridized carbons (Fsp3) is 0.235. The van der Waals surface area contributed by atoms with Crippen molar-refractivity contribution in [3.63, 3.8) is 0 Å². The number of amides is 2.